The van der Waals surface area contributed by atoms with Crippen molar-refractivity contribution in [2.45, 2.75) is 71.2 Å². The Labute approximate surface area is 221 Å². The molecule has 2 aliphatic rings. The van der Waals surface area contributed by atoms with Gasteiger partial charge in [0.05, 0.1) is 7.11 Å². The van der Waals surface area contributed by atoms with Crippen molar-refractivity contribution in [1.82, 2.24) is 15.1 Å². The summed E-state index contributed by atoms with van der Waals surface area (Å²) in [7, 11) is 1.61. The molecule has 2 heterocycles. The van der Waals surface area contributed by atoms with Crippen molar-refractivity contribution in [2.75, 3.05) is 26.7 Å². The molecule has 2 unspecified atom stereocenters. The first-order chi connectivity index (χ1) is 17.9. The first-order valence-corrected chi connectivity index (χ1v) is 13.6. The SMILES string of the molecule is CCCCNC(=O)C1c2ccc(OC)cc2OC(C(C)C)C(=O)N1C1CCN(Cc2ccccc2)CC1. The highest BCUT2D eigenvalue weighted by molar-refractivity contribution is 5.92. The average molecular weight is 508 g/mol. The molecule has 0 spiro atoms. The number of rotatable bonds is 9. The third-order valence-corrected chi connectivity index (χ3v) is 7.43. The van der Waals surface area contributed by atoms with Crippen LogP contribution >= 0.6 is 0 Å². The molecule has 0 radical (unpaired) electrons. The lowest BCUT2D eigenvalue weighted by Crippen LogP contribution is -2.55. The molecule has 1 fully saturated rings. The number of amides is 2. The van der Waals surface area contributed by atoms with Crippen LogP contribution in [0.1, 0.15) is 63.6 Å². The second-order valence-corrected chi connectivity index (χ2v) is 10.5. The summed E-state index contributed by atoms with van der Waals surface area (Å²) in [6.45, 7) is 9.30. The van der Waals surface area contributed by atoms with Gasteiger partial charge < -0.3 is 19.7 Å². The lowest BCUT2D eigenvalue weighted by atomic mass is 9.95. The van der Waals surface area contributed by atoms with Gasteiger partial charge in [-0.1, -0.05) is 57.5 Å². The van der Waals surface area contributed by atoms with E-state index in [1.807, 2.05) is 36.9 Å². The number of hydrogen-bond acceptors (Lipinski definition) is 5. The molecule has 1 N–H and O–H groups in total. The third kappa shape index (κ3) is 6.27. The van der Waals surface area contributed by atoms with Gasteiger partial charge in [0.25, 0.3) is 5.91 Å². The van der Waals surface area contributed by atoms with Gasteiger partial charge in [0.2, 0.25) is 5.91 Å². The number of carbonyl (C=O) groups excluding carboxylic acids is 2. The summed E-state index contributed by atoms with van der Waals surface area (Å²) in [5.41, 5.74) is 2.01. The van der Waals surface area contributed by atoms with Gasteiger partial charge in [0.1, 0.15) is 17.5 Å². The van der Waals surface area contributed by atoms with Crippen molar-refractivity contribution in [3.05, 3.63) is 59.7 Å². The van der Waals surface area contributed by atoms with E-state index in [2.05, 4.69) is 41.4 Å². The van der Waals surface area contributed by atoms with E-state index in [1.165, 1.54) is 5.56 Å². The third-order valence-electron chi connectivity index (χ3n) is 7.43. The summed E-state index contributed by atoms with van der Waals surface area (Å²) in [6, 6.07) is 15.2. The van der Waals surface area contributed by atoms with Crippen LogP contribution in [0.5, 0.6) is 11.5 Å². The van der Waals surface area contributed by atoms with E-state index in [0.717, 1.165) is 50.9 Å². The van der Waals surface area contributed by atoms with Crippen LogP contribution in [0.25, 0.3) is 0 Å². The number of likely N-dealkylation sites (tertiary alicyclic amines) is 1. The predicted octanol–water partition coefficient (Wildman–Crippen LogP) is 4.56. The lowest BCUT2D eigenvalue weighted by molar-refractivity contribution is -0.150. The Morgan fingerprint density at radius 3 is 2.51 bits per heavy atom. The first-order valence-electron chi connectivity index (χ1n) is 13.6. The highest BCUT2D eigenvalue weighted by atomic mass is 16.5. The molecule has 2 aliphatic heterocycles. The number of hydrogen-bond donors (Lipinski definition) is 1. The van der Waals surface area contributed by atoms with Gasteiger partial charge in [-0.2, -0.15) is 0 Å². The number of ether oxygens (including phenoxy) is 2. The van der Waals surface area contributed by atoms with Crippen LogP contribution in [-0.2, 0) is 16.1 Å². The normalized spacial score (nSPS) is 20.8. The summed E-state index contributed by atoms with van der Waals surface area (Å²) in [5, 5.41) is 3.10. The quantitative estimate of drug-likeness (QED) is 0.504. The zero-order valence-corrected chi connectivity index (χ0v) is 22.6. The van der Waals surface area contributed by atoms with Crippen LogP contribution in [-0.4, -0.2) is 60.5 Å². The standard InChI is InChI=1S/C30H41N3O4/c1-5-6-16-31-29(34)27-25-13-12-24(36-4)19-26(25)37-28(21(2)3)30(35)33(27)23-14-17-32(18-15-23)20-22-10-8-7-9-11-22/h7-13,19,21,23,27-28H,5-6,14-18,20H2,1-4H3,(H,31,34). The molecule has 4 rings (SSSR count). The van der Waals surface area contributed by atoms with E-state index in [0.29, 0.717) is 18.0 Å². The molecule has 0 bridgehead atoms. The predicted molar refractivity (Wildman–Crippen MR) is 144 cm³/mol. The number of carbonyl (C=O) groups is 2. The van der Waals surface area contributed by atoms with Crippen molar-refractivity contribution < 1.29 is 19.1 Å². The topological polar surface area (TPSA) is 71.1 Å². The molecule has 0 aliphatic carbocycles. The molecule has 2 aromatic carbocycles. The van der Waals surface area contributed by atoms with Gasteiger partial charge in [-0.25, -0.2) is 0 Å². The molecule has 7 nitrogen and oxygen atoms in total. The molecule has 2 aromatic rings. The van der Waals surface area contributed by atoms with Crippen molar-refractivity contribution in [2.24, 2.45) is 5.92 Å². The lowest BCUT2D eigenvalue weighted by Gasteiger charge is -2.42. The molecule has 0 aromatic heterocycles. The van der Waals surface area contributed by atoms with Gasteiger partial charge in [0.15, 0.2) is 6.10 Å². The van der Waals surface area contributed by atoms with Crippen LogP contribution in [0.4, 0.5) is 0 Å². The minimum Gasteiger partial charge on any atom is -0.497 e. The molecular formula is C30H41N3O4. The number of piperidine rings is 1. The van der Waals surface area contributed by atoms with Crippen molar-refractivity contribution in [3.8, 4) is 11.5 Å². The zero-order chi connectivity index (χ0) is 26.4. The maximum absolute atomic E-state index is 14.1. The van der Waals surface area contributed by atoms with Gasteiger partial charge >= 0.3 is 0 Å². The monoisotopic (exact) mass is 507 g/mol. The van der Waals surface area contributed by atoms with E-state index >= 15 is 0 Å². The summed E-state index contributed by atoms with van der Waals surface area (Å²) in [4.78, 5) is 32.1. The minimum absolute atomic E-state index is 0.0423. The van der Waals surface area contributed by atoms with E-state index in [4.69, 9.17) is 9.47 Å². The summed E-state index contributed by atoms with van der Waals surface area (Å²) >= 11 is 0. The van der Waals surface area contributed by atoms with E-state index < -0.39 is 12.1 Å². The Morgan fingerprint density at radius 1 is 1.14 bits per heavy atom. The summed E-state index contributed by atoms with van der Waals surface area (Å²) < 4.78 is 11.8. The number of benzene rings is 2. The van der Waals surface area contributed by atoms with E-state index in [-0.39, 0.29) is 23.8 Å². The molecule has 37 heavy (non-hydrogen) atoms. The summed E-state index contributed by atoms with van der Waals surface area (Å²) in [6.07, 6.45) is 2.84. The number of nitrogens with zero attached hydrogens (tertiary/aromatic N) is 2. The van der Waals surface area contributed by atoms with Gasteiger partial charge in [-0.15, -0.1) is 0 Å². The van der Waals surface area contributed by atoms with Crippen LogP contribution in [0.2, 0.25) is 0 Å². The molecular weight excluding hydrogens is 466 g/mol. The zero-order valence-electron chi connectivity index (χ0n) is 22.6. The number of unbranched alkanes of at least 4 members (excludes halogenated alkanes) is 1. The van der Waals surface area contributed by atoms with Gasteiger partial charge in [-0.05, 0) is 42.9 Å². The average Bonchev–Trinajstić information content (AvgIpc) is 3.03. The Morgan fingerprint density at radius 2 is 1.86 bits per heavy atom. The summed E-state index contributed by atoms with van der Waals surface area (Å²) in [5.74, 6) is 0.886. The van der Waals surface area contributed by atoms with Crippen LogP contribution in [0.15, 0.2) is 48.5 Å². The highest BCUT2D eigenvalue weighted by Gasteiger charge is 2.45. The van der Waals surface area contributed by atoms with Crippen LogP contribution < -0.4 is 14.8 Å². The molecule has 1 saturated heterocycles. The van der Waals surface area contributed by atoms with Crippen LogP contribution in [0.3, 0.4) is 0 Å². The first kappa shape index (κ1) is 27.0. The van der Waals surface area contributed by atoms with E-state index in [9.17, 15) is 9.59 Å². The van der Waals surface area contributed by atoms with Gasteiger partial charge in [-0.3, -0.25) is 14.5 Å². The largest absolute Gasteiger partial charge is 0.497 e. The van der Waals surface area contributed by atoms with Gasteiger partial charge in [0, 0.05) is 43.9 Å². The maximum atomic E-state index is 14.1. The van der Waals surface area contributed by atoms with Crippen molar-refractivity contribution in [3.63, 3.8) is 0 Å². The second-order valence-electron chi connectivity index (χ2n) is 10.5. The fraction of sp³-hybridized carbons (Fsp3) is 0.533. The number of nitrogens with one attached hydrogen (secondary N) is 1. The minimum atomic E-state index is -0.736. The fourth-order valence-electron chi connectivity index (χ4n) is 5.34. The fourth-order valence-corrected chi connectivity index (χ4v) is 5.34. The number of methoxy groups -OCH3 is 1. The highest BCUT2D eigenvalue weighted by Crippen LogP contribution is 2.40. The molecule has 200 valence electrons. The van der Waals surface area contributed by atoms with Crippen molar-refractivity contribution >= 4 is 11.8 Å². The smallest absolute Gasteiger partial charge is 0.265 e. The molecule has 2 atom stereocenters. The molecule has 7 heteroatoms. The Kier molecular flexibility index (Phi) is 9.09. The Balaban J connectivity index is 1.64. The Bertz CT molecular complexity index is 1050. The molecule has 0 saturated carbocycles. The second kappa shape index (κ2) is 12.5. The maximum Gasteiger partial charge on any atom is 0.265 e. The molecule has 2 amide bonds. The Hall–Kier alpha value is -3.06. The number of fused-ring (bicyclic) bond motifs is 1. The van der Waals surface area contributed by atoms with Crippen LogP contribution in [0, 0.1) is 5.92 Å². The van der Waals surface area contributed by atoms with E-state index in [1.54, 1.807) is 13.2 Å². The van der Waals surface area contributed by atoms with Crippen molar-refractivity contribution in [1.29, 1.82) is 0 Å².